The van der Waals surface area contributed by atoms with Gasteiger partial charge in [0.2, 0.25) is 10.0 Å². The highest BCUT2D eigenvalue weighted by Crippen LogP contribution is 2.30. The molecule has 0 aromatic heterocycles. The minimum absolute atomic E-state index is 0.00466. The van der Waals surface area contributed by atoms with Crippen LogP contribution in [-0.2, 0) is 10.0 Å². The highest BCUT2D eigenvalue weighted by molar-refractivity contribution is 7.89. The normalized spacial score (nSPS) is 14.8. The van der Waals surface area contributed by atoms with Crippen LogP contribution in [-0.4, -0.2) is 20.9 Å². The highest BCUT2D eigenvalue weighted by Gasteiger charge is 2.21. The van der Waals surface area contributed by atoms with Crippen molar-refractivity contribution >= 4 is 33.2 Å². The Morgan fingerprint density at radius 2 is 1.96 bits per heavy atom. The third-order valence-electron chi connectivity index (χ3n) is 2.89. The van der Waals surface area contributed by atoms with Crippen LogP contribution in [0.3, 0.4) is 0 Å². The van der Waals surface area contributed by atoms with Gasteiger partial charge in [-0.05, 0) is 31.0 Å². The van der Waals surface area contributed by atoms with Gasteiger partial charge in [-0.2, -0.15) is 0 Å². The number of aromatic hydroxyl groups is 1. The number of para-hydroxylation sites is 1. The van der Waals surface area contributed by atoms with E-state index in [2.05, 4.69) is 10.4 Å². The number of halogens is 1. The predicted octanol–water partition coefficient (Wildman–Crippen LogP) is 2.56. The molecule has 0 aliphatic heterocycles. The van der Waals surface area contributed by atoms with Crippen molar-refractivity contribution in [3.63, 3.8) is 0 Å². The van der Waals surface area contributed by atoms with Gasteiger partial charge in [0.05, 0.1) is 17.4 Å². The summed E-state index contributed by atoms with van der Waals surface area (Å²) >= 11 is 5.78. The molecule has 0 bridgehead atoms. The lowest BCUT2D eigenvalue weighted by Crippen LogP contribution is -2.17. The topological polar surface area (TPSA) is 109 Å². The van der Waals surface area contributed by atoms with Crippen molar-refractivity contribution in [1.29, 1.82) is 1.43 Å². The van der Waals surface area contributed by atoms with Gasteiger partial charge in [0.15, 0.2) is 0 Å². The van der Waals surface area contributed by atoms with Crippen LogP contribution in [0, 0.1) is 13.8 Å². The molecule has 4 N–H and O–H groups in total. The Bertz CT molecular complexity index is 1130. The van der Waals surface area contributed by atoms with Crippen LogP contribution in [0.1, 0.15) is 28.3 Å². The van der Waals surface area contributed by atoms with Gasteiger partial charge in [-0.1, -0.05) is 29.7 Å². The fourth-order valence-electron chi connectivity index (χ4n) is 1.79. The summed E-state index contributed by atoms with van der Waals surface area (Å²) in [6, 6.07) is -2.75. The molecule has 1 amide bonds. The van der Waals surface area contributed by atoms with E-state index in [1.54, 1.807) is 0 Å². The number of hydrogen-bond acceptors (Lipinski definition) is 4. The monoisotopic (exact) mass is 360 g/mol. The minimum atomic E-state index is -4.60. The molecule has 8 heteroatoms. The summed E-state index contributed by atoms with van der Waals surface area (Å²) < 4.78 is 70.1. The number of nitrogens with two attached hydrogens (primary N) is 1. The molecule has 122 valence electrons. The lowest BCUT2D eigenvalue weighted by Gasteiger charge is -2.13. The van der Waals surface area contributed by atoms with Gasteiger partial charge in [-0.15, -0.1) is 0 Å². The second kappa shape index (κ2) is 6.19. The number of sulfonamides is 1. The molecule has 0 saturated carbocycles. The molecule has 0 atom stereocenters. The molecular formula is C15H15ClN2O4S. The van der Waals surface area contributed by atoms with Gasteiger partial charge in [-0.25, -0.2) is 13.6 Å². The zero-order valence-electron chi connectivity index (χ0n) is 18.0. The molecule has 23 heavy (non-hydrogen) atoms. The van der Waals surface area contributed by atoms with E-state index in [0.717, 1.165) is 0 Å². The maximum absolute atomic E-state index is 12.8. The summed E-state index contributed by atoms with van der Waals surface area (Å²) in [7, 11) is -4.60. The van der Waals surface area contributed by atoms with E-state index in [1.807, 2.05) is 0 Å². The number of phenols is 1. The Morgan fingerprint density at radius 3 is 2.48 bits per heavy atom. The number of carbonyl (C=O) groups excluding carboxylic acids is 1. The number of nitrogens with one attached hydrogen (secondary N) is 1. The second-order valence-corrected chi connectivity index (χ2v) is 6.47. The van der Waals surface area contributed by atoms with Crippen molar-refractivity contribution in [2.24, 2.45) is 5.14 Å². The summed E-state index contributed by atoms with van der Waals surface area (Å²) in [5.41, 5.74) is -0.480. The van der Waals surface area contributed by atoms with Crippen molar-refractivity contribution in [3.05, 3.63) is 51.9 Å². The lowest BCUT2D eigenvalue weighted by molar-refractivity contribution is 0.102. The van der Waals surface area contributed by atoms with Crippen molar-refractivity contribution < 1.29 is 25.2 Å². The number of hydrogen-bond donors (Lipinski definition) is 3. The summed E-state index contributed by atoms with van der Waals surface area (Å²) in [5, 5.41) is 10.9. The first-order valence-electron chi connectivity index (χ1n) is 9.03. The highest BCUT2D eigenvalue weighted by atomic mass is 35.5. The van der Waals surface area contributed by atoms with E-state index in [9.17, 15) is 13.2 Å². The van der Waals surface area contributed by atoms with Crippen molar-refractivity contribution in [2.45, 2.75) is 18.7 Å². The number of phenolic OH excluding ortho intramolecular Hbond substituents is 1. The molecule has 2 aromatic carbocycles. The Kier molecular flexibility index (Phi) is 2.86. The largest absolute Gasteiger partial charge is 0.507 e. The molecule has 0 unspecified atom stereocenters. The third-order valence-corrected chi connectivity index (χ3v) is 4.16. The predicted molar refractivity (Wildman–Crippen MR) is 88.4 cm³/mol. The zero-order valence-corrected chi connectivity index (χ0v) is 13.6. The number of benzene rings is 2. The Labute approximate surface area is 147 Å². The average Bonchev–Trinajstić information content (AvgIpc) is 2.63. The van der Waals surface area contributed by atoms with E-state index in [-0.39, 0.29) is 34.9 Å². The van der Waals surface area contributed by atoms with E-state index in [4.69, 9.17) is 25.0 Å². The van der Waals surface area contributed by atoms with E-state index in [0.29, 0.717) is 0 Å². The Balaban J connectivity index is 2.78. The van der Waals surface area contributed by atoms with Crippen LogP contribution in [0.15, 0.2) is 35.1 Å². The third kappa shape index (κ3) is 3.64. The Hall–Kier alpha value is -2.09. The van der Waals surface area contributed by atoms with E-state index < -0.39 is 49.2 Å². The van der Waals surface area contributed by atoms with E-state index >= 15 is 0 Å². The maximum Gasteiger partial charge on any atom is 0.293 e. The van der Waals surface area contributed by atoms with Crippen LogP contribution >= 0.6 is 11.6 Å². The zero-order chi connectivity index (χ0) is 22.4. The fourth-order valence-corrected chi connectivity index (χ4v) is 2.79. The van der Waals surface area contributed by atoms with Crippen LogP contribution < -0.4 is 10.5 Å². The standard InChI is InChI=1S/C15H15ClN2O4S/c1-8-4-3-5-9(2)14(8)18-15(20)10-6-13(23(17,21)22)11(16)7-12(10)19/h3-7,19H,1-2H3,(H,18,20)(H2,17,21,22)/i3D,4D,5D,6D,7D/hD. The smallest absolute Gasteiger partial charge is 0.293 e. The SMILES string of the molecule is [2H]Oc1c([2H])c(Cl)c(S(N)(=O)=O)c([2H])c1C(=O)Nc1c(C)c([2H])c([2H])c([2H])c1C. The molecule has 0 aliphatic rings. The van der Waals surface area contributed by atoms with Gasteiger partial charge >= 0.3 is 0 Å². The quantitative estimate of drug-likeness (QED) is 0.778. The van der Waals surface area contributed by atoms with Gasteiger partial charge < -0.3 is 10.4 Å². The van der Waals surface area contributed by atoms with Crippen LogP contribution in [0.2, 0.25) is 5.02 Å². The van der Waals surface area contributed by atoms with Crippen LogP contribution in [0.25, 0.3) is 0 Å². The first-order valence-corrected chi connectivity index (χ1v) is 8.04. The summed E-state index contributed by atoms with van der Waals surface area (Å²) in [6.45, 7) is 2.86. The summed E-state index contributed by atoms with van der Waals surface area (Å²) in [4.78, 5) is 11.9. The molecule has 6 nitrogen and oxygen atoms in total. The first kappa shape index (κ1) is 10.6. The van der Waals surface area contributed by atoms with Crippen molar-refractivity contribution in [2.75, 3.05) is 5.32 Å². The Morgan fingerprint density at radius 1 is 1.35 bits per heavy atom. The van der Waals surface area contributed by atoms with Gasteiger partial charge in [-0.3, -0.25) is 4.79 Å². The molecular weight excluding hydrogens is 340 g/mol. The second-order valence-electron chi connectivity index (χ2n) is 4.60. The molecule has 0 saturated heterocycles. The van der Waals surface area contributed by atoms with Gasteiger partial charge in [0.1, 0.15) is 10.6 Å². The van der Waals surface area contributed by atoms with E-state index in [1.165, 1.54) is 13.8 Å². The molecule has 0 spiro atoms. The molecule has 0 aliphatic carbocycles. The summed E-state index contributed by atoms with van der Waals surface area (Å²) in [6.07, 6.45) is 0. The van der Waals surface area contributed by atoms with Crippen LogP contribution in [0.5, 0.6) is 5.75 Å². The lowest BCUT2D eigenvalue weighted by atomic mass is 10.1. The molecule has 0 heterocycles. The average molecular weight is 361 g/mol. The molecule has 0 radical (unpaired) electrons. The summed E-state index contributed by atoms with van der Waals surface area (Å²) in [5.74, 6) is -1.91. The minimum Gasteiger partial charge on any atom is -0.507 e. The number of rotatable bonds is 4. The molecule has 0 fully saturated rings. The van der Waals surface area contributed by atoms with Crippen molar-refractivity contribution in [1.82, 2.24) is 0 Å². The number of carbonyl (C=O) groups is 1. The maximum atomic E-state index is 12.8. The number of primary sulfonamides is 1. The molecule has 2 rings (SSSR count). The van der Waals surface area contributed by atoms with Crippen LogP contribution in [0.4, 0.5) is 5.69 Å². The number of anilines is 1. The number of amides is 1. The fraction of sp³-hybridized carbons (Fsp3) is 0.133. The molecule has 2 aromatic rings. The first-order chi connectivity index (χ1) is 13.3. The van der Waals surface area contributed by atoms with Gasteiger partial charge in [0, 0.05) is 11.7 Å². The van der Waals surface area contributed by atoms with Gasteiger partial charge in [0.25, 0.3) is 7.34 Å². The van der Waals surface area contributed by atoms with Crippen molar-refractivity contribution in [3.8, 4) is 5.75 Å².